The Morgan fingerprint density at radius 2 is 1.83 bits per heavy atom. The SMILES string of the molecule is Cc1ccc(C(=O)N2CCC(NC(=O)c3ccsc3)CC2)cc1C. The molecule has 3 rings (SSSR count). The lowest BCUT2D eigenvalue weighted by atomic mass is 10.0. The minimum absolute atomic E-state index is 0.0183. The molecule has 4 nitrogen and oxygen atoms in total. The molecule has 0 unspecified atom stereocenters. The van der Waals surface area contributed by atoms with E-state index in [1.807, 2.05) is 53.8 Å². The van der Waals surface area contributed by atoms with Crippen LogP contribution in [0.25, 0.3) is 0 Å². The fourth-order valence-corrected chi connectivity index (χ4v) is 3.58. The second-order valence-corrected chi connectivity index (χ2v) is 7.13. The highest BCUT2D eigenvalue weighted by Crippen LogP contribution is 2.17. The molecule has 1 saturated heterocycles. The molecular weight excluding hydrogens is 320 g/mol. The molecule has 1 aliphatic heterocycles. The summed E-state index contributed by atoms with van der Waals surface area (Å²) in [5.41, 5.74) is 3.80. The van der Waals surface area contributed by atoms with Gasteiger partial charge in [-0.3, -0.25) is 9.59 Å². The molecule has 1 aliphatic rings. The summed E-state index contributed by atoms with van der Waals surface area (Å²) < 4.78 is 0. The average Bonchev–Trinajstić information content (AvgIpc) is 3.12. The molecular formula is C19H22N2O2S. The van der Waals surface area contributed by atoms with Crippen LogP contribution in [-0.4, -0.2) is 35.8 Å². The zero-order valence-corrected chi connectivity index (χ0v) is 14.9. The number of nitrogens with zero attached hydrogens (tertiary/aromatic N) is 1. The maximum Gasteiger partial charge on any atom is 0.253 e. The maximum absolute atomic E-state index is 12.6. The first kappa shape index (κ1) is 16.7. The number of nitrogens with one attached hydrogen (secondary N) is 1. The van der Waals surface area contributed by atoms with Crippen LogP contribution in [0.5, 0.6) is 0 Å². The minimum atomic E-state index is -0.0183. The van der Waals surface area contributed by atoms with Crippen LogP contribution >= 0.6 is 11.3 Å². The van der Waals surface area contributed by atoms with E-state index in [0.717, 1.165) is 24.0 Å². The second kappa shape index (κ2) is 7.18. The number of carbonyl (C=O) groups is 2. The number of carbonyl (C=O) groups excluding carboxylic acids is 2. The smallest absolute Gasteiger partial charge is 0.253 e. The summed E-state index contributed by atoms with van der Waals surface area (Å²) in [5.74, 6) is 0.0656. The number of benzene rings is 1. The lowest BCUT2D eigenvalue weighted by Crippen LogP contribution is -2.46. The van der Waals surface area contributed by atoms with Crippen molar-refractivity contribution in [3.63, 3.8) is 0 Å². The number of thiophene rings is 1. The van der Waals surface area contributed by atoms with Gasteiger partial charge < -0.3 is 10.2 Å². The quantitative estimate of drug-likeness (QED) is 0.929. The van der Waals surface area contributed by atoms with Gasteiger partial charge in [0.15, 0.2) is 0 Å². The van der Waals surface area contributed by atoms with E-state index in [1.54, 1.807) is 0 Å². The third-order valence-electron chi connectivity index (χ3n) is 4.65. The van der Waals surface area contributed by atoms with Crippen LogP contribution < -0.4 is 5.32 Å². The molecule has 1 fully saturated rings. The molecule has 5 heteroatoms. The average molecular weight is 342 g/mol. The van der Waals surface area contributed by atoms with Crippen LogP contribution in [0.4, 0.5) is 0 Å². The normalized spacial score (nSPS) is 15.3. The predicted octanol–water partition coefficient (Wildman–Crippen LogP) is 3.40. The largest absolute Gasteiger partial charge is 0.349 e. The van der Waals surface area contributed by atoms with E-state index in [-0.39, 0.29) is 17.9 Å². The van der Waals surface area contributed by atoms with E-state index in [1.165, 1.54) is 16.9 Å². The summed E-state index contributed by atoms with van der Waals surface area (Å²) in [4.78, 5) is 26.6. The van der Waals surface area contributed by atoms with Crippen LogP contribution in [0.15, 0.2) is 35.0 Å². The van der Waals surface area contributed by atoms with E-state index >= 15 is 0 Å². The molecule has 0 spiro atoms. The van der Waals surface area contributed by atoms with Crippen molar-refractivity contribution in [3.8, 4) is 0 Å². The van der Waals surface area contributed by atoms with E-state index in [4.69, 9.17) is 0 Å². The van der Waals surface area contributed by atoms with Gasteiger partial charge in [0.1, 0.15) is 0 Å². The lowest BCUT2D eigenvalue weighted by molar-refractivity contribution is 0.0698. The first-order chi connectivity index (χ1) is 11.5. The highest BCUT2D eigenvalue weighted by atomic mass is 32.1. The molecule has 2 amide bonds. The van der Waals surface area contributed by atoms with Crippen molar-refractivity contribution in [3.05, 3.63) is 57.3 Å². The van der Waals surface area contributed by atoms with Crippen molar-refractivity contribution in [1.82, 2.24) is 10.2 Å². The van der Waals surface area contributed by atoms with Crippen LogP contribution in [0.3, 0.4) is 0 Å². The van der Waals surface area contributed by atoms with Crippen molar-refractivity contribution in [2.45, 2.75) is 32.7 Å². The van der Waals surface area contributed by atoms with E-state index in [2.05, 4.69) is 5.32 Å². The Labute approximate surface area is 146 Å². The van der Waals surface area contributed by atoms with Crippen LogP contribution in [0.1, 0.15) is 44.7 Å². The maximum atomic E-state index is 12.6. The monoisotopic (exact) mass is 342 g/mol. The molecule has 0 bridgehead atoms. The van der Waals surface area contributed by atoms with E-state index < -0.39 is 0 Å². The zero-order valence-electron chi connectivity index (χ0n) is 14.0. The molecule has 0 radical (unpaired) electrons. The molecule has 126 valence electrons. The summed E-state index contributed by atoms with van der Waals surface area (Å²) >= 11 is 1.52. The zero-order chi connectivity index (χ0) is 17.1. The summed E-state index contributed by atoms with van der Waals surface area (Å²) in [6.07, 6.45) is 1.60. The topological polar surface area (TPSA) is 49.4 Å². The summed E-state index contributed by atoms with van der Waals surface area (Å²) in [5, 5.41) is 6.82. The van der Waals surface area contributed by atoms with Gasteiger partial charge in [0.05, 0.1) is 0 Å². The second-order valence-electron chi connectivity index (χ2n) is 6.35. The Hall–Kier alpha value is -2.14. The van der Waals surface area contributed by atoms with Crippen molar-refractivity contribution >= 4 is 23.2 Å². The van der Waals surface area contributed by atoms with Gasteiger partial charge in [0, 0.05) is 35.6 Å². The summed E-state index contributed by atoms with van der Waals surface area (Å²) in [7, 11) is 0. The Morgan fingerprint density at radius 1 is 1.08 bits per heavy atom. The first-order valence-corrected chi connectivity index (χ1v) is 9.18. The first-order valence-electron chi connectivity index (χ1n) is 8.24. The van der Waals surface area contributed by atoms with Crippen molar-refractivity contribution in [1.29, 1.82) is 0 Å². The van der Waals surface area contributed by atoms with Gasteiger partial charge in [-0.05, 0) is 61.4 Å². The number of likely N-dealkylation sites (tertiary alicyclic amines) is 1. The predicted molar refractivity (Wildman–Crippen MR) is 96.6 cm³/mol. The molecule has 24 heavy (non-hydrogen) atoms. The van der Waals surface area contributed by atoms with Gasteiger partial charge in [-0.2, -0.15) is 11.3 Å². The number of hydrogen-bond acceptors (Lipinski definition) is 3. The third-order valence-corrected chi connectivity index (χ3v) is 5.34. The van der Waals surface area contributed by atoms with Gasteiger partial charge in [-0.15, -0.1) is 0 Å². The molecule has 1 aromatic carbocycles. The van der Waals surface area contributed by atoms with Gasteiger partial charge in [0.2, 0.25) is 0 Å². The van der Waals surface area contributed by atoms with Gasteiger partial charge >= 0.3 is 0 Å². The number of rotatable bonds is 3. The highest BCUT2D eigenvalue weighted by molar-refractivity contribution is 7.08. The Balaban J connectivity index is 1.55. The van der Waals surface area contributed by atoms with E-state index in [9.17, 15) is 9.59 Å². The van der Waals surface area contributed by atoms with Crippen LogP contribution in [0, 0.1) is 13.8 Å². The molecule has 0 atom stereocenters. The van der Waals surface area contributed by atoms with Crippen molar-refractivity contribution in [2.75, 3.05) is 13.1 Å². The molecule has 0 saturated carbocycles. The molecule has 2 aromatic rings. The molecule has 1 N–H and O–H groups in total. The lowest BCUT2D eigenvalue weighted by Gasteiger charge is -2.32. The van der Waals surface area contributed by atoms with Gasteiger partial charge in [-0.25, -0.2) is 0 Å². The number of amides is 2. The number of piperidine rings is 1. The van der Waals surface area contributed by atoms with Gasteiger partial charge in [0.25, 0.3) is 11.8 Å². The Morgan fingerprint density at radius 3 is 2.46 bits per heavy atom. The summed E-state index contributed by atoms with van der Waals surface area (Å²) in [6.45, 7) is 5.43. The van der Waals surface area contributed by atoms with Crippen molar-refractivity contribution in [2.24, 2.45) is 0 Å². The fraction of sp³-hybridized carbons (Fsp3) is 0.368. The van der Waals surface area contributed by atoms with Crippen LogP contribution in [0.2, 0.25) is 0 Å². The van der Waals surface area contributed by atoms with E-state index in [0.29, 0.717) is 18.7 Å². The summed E-state index contributed by atoms with van der Waals surface area (Å²) in [6, 6.07) is 7.83. The highest BCUT2D eigenvalue weighted by Gasteiger charge is 2.25. The Bertz CT molecular complexity index is 732. The molecule has 1 aromatic heterocycles. The van der Waals surface area contributed by atoms with Gasteiger partial charge in [-0.1, -0.05) is 6.07 Å². The Kier molecular flexibility index (Phi) is 5.00. The number of aryl methyl sites for hydroxylation is 2. The molecule has 2 heterocycles. The third kappa shape index (κ3) is 3.67. The number of hydrogen-bond donors (Lipinski definition) is 1. The standard InChI is InChI=1S/C19H22N2O2S/c1-13-3-4-15(11-14(13)2)19(23)21-8-5-17(6-9-21)20-18(22)16-7-10-24-12-16/h3-4,7,10-12,17H,5-6,8-9H2,1-2H3,(H,20,22). The van der Waals surface area contributed by atoms with Crippen LogP contribution in [-0.2, 0) is 0 Å². The minimum Gasteiger partial charge on any atom is -0.349 e. The van der Waals surface area contributed by atoms with Crippen molar-refractivity contribution < 1.29 is 9.59 Å². The fourth-order valence-electron chi connectivity index (χ4n) is 2.95. The molecule has 0 aliphatic carbocycles.